The zero-order valence-electron chi connectivity index (χ0n) is 11.8. The molecule has 1 heterocycles. The largest absolute Gasteiger partial charge is 0.317 e. The average Bonchev–Trinajstić information content (AvgIpc) is 2.29. The van der Waals surface area contributed by atoms with E-state index >= 15 is 0 Å². The van der Waals surface area contributed by atoms with E-state index in [1.807, 2.05) is 0 Å². The lowest BCUT2D eigenvalue weighted by Crippen LogP contribution is -2.26. The van der Waals surface area contributed by atoms with Gasteiger partial charge in [0.05, 0.1) is 0 Å². The Balaban J connectivity index is 2.22. The highest BCUT2D eigenvalue weighted by atomic mass is 14.9. The van der Waals surface area contributed by atoms with Gasteiger partial charge in [-0.2, -0.15) is 0 Å². The van der Waals surface area contributed by atoms with Crippen molar-refractivity contribution in [2.24, 2.45) is 5.41 Å². The second-order valence-electron chi connectivity index (χ2n) is 5.97. The Bertz CT molecular complexity index is 162. The van der Waals surface area contributed by atoms with E-state index in [2.05, 4.69) is 29.8 Å². The molecule has 0 bridgehead atoms. The molecule has 102 valence electrons. The topological polar surface area (TPSA) is 36.1 Å². The van der Waals surface area contributed by atoms with E-state index in [1.165, 1.54) is 45.2 Å². The van der Waals surface area contributed by atoms with Crippen molar-refractivity contribution in [3.63, 3.8) is 0 Å². The highest BCUT2D eigenvalue weighted by Gasteiger charge is 2.16. The number of nitrogens with one attached hydrogen (secondary N) is 3. The number of rotatable bonds is 0. The zero-order chi connectivity index (χ0) is 12.4. The second-order valence-corrected chi connectivity index (χ2v) is 5.97. The van der Waals surface area contributed by atoms with Crippen molar-refractivity contribution in [3.05, 3.63) is 0 Å². The fraction of sp³-hybridized carbons (Fsp3) is 1.00. The SMILES string of the molecule is CC1(C)CCCNCCCNCCCNCC1. The van der Waals surface area contributed by atoms with Gasteiger partial charge in [-0.1, -0.05) is 13.8 Å². The average molecular weight is 241 g/mol. The van der Waals surface area contributed by atoms with Crippen molar-refractivity contribution in [2.75, 3.05) is 39.3 Å². The Kier molecular flexibility index (Phi) is 7.82. The van der Waals surface area contributed by atoms with Crippen LogP contribution in [0.4, 0.5) is 0 Å². The van der Waals surface area contributed by atoms with Gasteiger partial charge in [0.2, 0.25) is 0 Å². The molecular formula is C14H31N3. The van der Waals surface area contributed by atoms with Gasteiger partial charge >= 0.3 is 0 Å². The molecule has 0 saturated carbocycles. The summed E-state index contributed by atoms with van der Waals surface area (Å²) in [6, 6.07) is 0. The van der Waals surface area contributed by atoms with E-state index in [0.29, 0.717) is 5.41 Å². The van der Waals surface area contributed by atoms with Crippen molar-refractivity contribution >= 4 is 0 Å². The molecule has 0 unspecified atom stereocenters. The van der Waals surface area contributed by atoms with Gasteiger partial charge in [-0.05, 0) is 76.8 Å². The molecule has 1 aliphatic heterocycles. The second kappa shape index (κ2) is 8.90. The molecular weight excluding hydrogens is 210 g/mol. The third-order valence-electron chi connectivity index (χ3n) is 3.60. The molecule has 1 saturated heterocycles. The molecule has 3 N–H and O–H groups in total. The highest BCUT2D eigenvalue weighted by Crippen LogP contribution is 2.25. The lowest BCUT2D eigenvalue weighted by atomic mass is 9.84. The van der Waals surface area contributed by atoms with Crippen molar-refractivity contribution in [3.8, 4) is 0 Å². The fourth-order valence-electron chi connectivity index (χ4n) is 2.30. The van der Waals surface area contributed by atoms with Crippen molar-refractivity contribution in [1.29, 1.82) is 0 Å². The summed E-state index contributed by atoms with van der Waals surface area (Å²) < 4.78 is 0. The molecule has 17 heavy (non-hydrogen) atoms. The summed E-state index contributed by atoms with van der Waals surface area (Å²) in [5.74, 6) is 0. The Labute approximate surface area is 107 Å². The maximum Gasteiger partial charge on any atom is -0.00368 e. The van der Waals surface area contributed by atoms with Crippen LogP contribution in [0.1, 0.15) is 46.0 Å². The van der Waals surface area contributed by atoms with Crippen LogP contribution >= 0.6 is 0 Å². The van der Waals surface area contributed by atoms with Gasteiger partial charge in [-0.3, -0.25) is 0 Å². The van der Waals surface area contributed by atoms with Gasteiger partial charge < -0.3 is 16.0 Å². The summed E-state index contributed by atoms with van der Waals surface area (Å²) in [5, 5.41) is 10.6. The molecule has 1 rings (SSSR count). The fourth-order valence-corrected chi connectivity index (χ4v) is 2.30. The quantitative estimate of drug-likeness (QED) is 0.605. The highest BCUT2D eigenvalue weighted by molar-refractivity contribution is 4.71. The molecule has 3 heteroatoms. The normalized spacial score (nSPS) is 25.8. The van der Waals surface area contributed by atoms with E-state index in [1.54, 1.807) is 0 Å². The minimum absolute atomic E-state index is 0.493. The van der Waals surface area contributed by atoms with Crippen LogP contribution < -0.4 is 16.0 Å². The monoisotopic (exact) mass is 241 g/mol. The standard InChI is InChI=1S/C14H31N3/c1-14(2)6-3-8-15-9-4-10-16-11-5-12-17-13-7-14/h15-17H,3-13H2,1-2H3. The van der Waals surface area contributed by atoms with Crippen molar-refractivity contribution in [1.82, 2.24) is 16.0 Å². The Hall–Kier alpha value is -0.120. The van der Waals surface area contributed by atoms with E-state index in [4.69, 9.17) is 0 Å². The Morgan fingerprint density at radius 1 is 0.588 bits per heavy atom. The van der Waals surface area contributed by atoms with Crippen LogP contribution in [0.25, 0.3) is 0 Å². The van der Waals surface area contributed by atoms with E-state index in [-0.39, 0.29) is 0 Å². The molecule has 3 nitrogen and oxygen atoms in total. The summed E-state index contributed by atoms with van der Waals surface area (Å²) in [6.45, 7) is 11.8. The van der Waals surface area contributed by atoms with Crippen LogP contribution in [-0.4, -0.2) is 39.3 Å². The zero-order valence-corrected chi connectivity index (χ0v) is 11.8. The summed E-state index contributed by atoms with van der Waals surface area (Å²) in [5.41, 5.74) is 0.493. The van der Waals surface area contributed by atoms with Crippen molar-refractivity contribution in [2.45, 2.75) is 46.0 Å². The summed E-state index contributed by atoms with van der Waals surface area (Å²) in [4.78, 5) is 0. The molecule has 0 aromatic rings. The first-order chi connectivity index (χ1) is 8.21. The van der Waals surface area contributed by atoms with Crippen LogP contribution in [0.2, 0.25) is 0 Å². The molecule has 1 aliphatic rings. The molecule has 1 fully saturated rings. The van der Waals surface area contributed by atoms with Crippen LogP contribution in [-0.2, 0) is 0 Å². The molecule has 0 spiro atoms. The first-order valence-corrected chi connectivity index (χ1v) is 7.33. The van der Waals surface area contributed by atoms with Crippen LogP contribution in [0, 0.1) is 5.41 Å². The lowest BCUT2D eigenvalue weighted by Gasteiger charge is -2.24. The third-order valence-corrected chi connectivity index (χ3v) is 3.60. The lowest BCUT2D eigenvalue weighted by molar-refractivity contribution is 0.292. The van der Waals surface area contributed by atoms with Crippen molar-refractivity contribution < 1.29 is 0 Å². The van der Waals surface area contributed by atoms with Gasteiger partial charge in [0.1, 0.15) is 0 Å². The molecule has 0 aromatic heterocycles. The van der Waals surface area contributed by atoms with Gasteiger partial charge in [0.25, 0.3) is 0 Å². The number of hydrogen-bond acceptors (Lipinski definition) is 3. The molecule has 0 aromatic carbocycles. The summed E-state index contributed by atoms with van der Waals surface area (Å²) in [6.07, 6.45) is 6.42. The van der Waals surface area contributed by atoms with Gasteiger partial charge in [0, 0.05) is 0 Å². The maximum atomic E-state index is 3.55. The molecule has 0 atom stereocenters. The number of hydrogen-bond donors (Lipinski definition) is 3. The minimum atomic E-state index is 0.493. The third kappa shape index (κ3) is 8.58. The van der Waals surface area contributed by atoms with Gasteiger partial charge in [-0.25, -0.2) is 0 Å². The van der Waals surface area contributed by atoms with Crippen LogP contribution in [0.3, 0.4) is 0 Å². The Morgan fingerprint density at radius 3 is 1.65 bits per heavy atom. The summed E-state index contributed by atoms with van der Waals surface area (Å²) >= 11 is 0. The molecule has 0 radical (unpaired) electrons. The maximum absolute atomic E-state index is 3.55. The van der Waals surface area contributed by atoms with Crippen LogP contribution in [0.5, 0.6) is 0 Å². The first kappa shape index (κ1) is 14.9. The predicted molar refractivity (Wildman–Crippen MR) is 75.5 cm³/mol. The van der Waals surface area contributed by atoms with Crippen LogP contribution in [0.15, 0.2) is 0 Å². The van der Waals surface area contributed by atoms with Gasteiger partial charge in [-0.15, -0.1) is 0 Å². The van der Waals surface area contributed by atoms with E-state index < -0.39 is 0 Å². The van der Waals surface area contributed by atoms with E-state index in [9.17, 15) is 0 Å². The summed E-state index contributed by atoms with van der Waals surface area (Å²) in [7, 11) is 0. The molecule has 0 amide bonds. The first-order valence-electron chi connectivity index (χ1n) is 7.33. The van der Waals surface area contributed by atoms with Gasteiger partial charge in [0.15, 0.2) is 0 Å². The Morgan fingerprint density at radius 2 is 1.06 bits per heavy atom. The predicted octanol–water partition coefficient (Wildman–Crippen LogP) is 1.75. The smallest absolute Gasteiger partial charge is 0.00368 e. The minimum Gasteiger partial charge on any atom is -0.317 e. The van der Waals surface area contributed by atoms with E-state index in [0.717, 1.165) is 26.2 Å². The molecule has 0 aliphatic carbocycles.